The number of aryl methyl sites for hydroxylation is 1. The van der Waals surface area contributed by atoms with Gasteiger partial charge in [-0.05, 0) is 32.3 Å². The third-order valence-electron chi connectivity index (χ3n) is 5.64. The summed E-state index contributed by atoms with van der Waals surface area (Å²) in [5.74, 6) is -0.987. The number of benzene rings is 1. The van der Waals surface area contributed by atoms with Gasteiger partial charge in [0, 0.05) is 18.0 Å². The van der Waals surface area contributed by atoms with Crippen molar-refractivity contribution in [3.05, 3.63) is 40.3 Å². The van der Waals surface area contributed by atoms with Gasteiger partial charge in [0.25, 0.3) is 11.5 Å². The van der Waals surface area contributed by atoms with Crippen LogP contribution in [0.4, 0.5) is 0 Å². The molecule has 1 heterocycles. The second-order valence-corrected chi connectivity index (χ2v) is 8.02. The van der Waals surface area contributed by atoms with Gasteiger partial charge in [-0.25, -0.2) is 9.48 Å². The standard InChI is InChI=1S/C23H31N3O4/c1-3-4-15-26-22(28)19-14-10-9-13-18(19)20(25-26)23(29)30-16(2)21(27)24-17-11-7-5-6-8-12-17/h9-10,13-14,16-17H,3-8,11-12,15H2,1-2H3,(H,24,27)/t16-/m0/s1. The maximum absolute atomic E-state index is 12.9. The SMILES string of the molecule is CCCCn1nc(C(=O)O[C@@H](C)C(=O)NC2CCCCCC2)c2ccccc2c1=O. The van der Waals surface area contributed by atoms with Crippen LogP contribution in [-0.2, 0) is 16.1 Å². The largest absolute Gasteiger partial charge is 0.448 e. The van der Waals surface area contributed by atoms with E-state index in [1.54, 1.807) is 31.2 Å². The average molecular weight is 414 g/mol. The maximum Gasteiger partial charge on any atom is 0.360 e. The summed E-state index contributed by atoms with van der Waals surface area (Å²) in [6.45, 7) is 4.02. The van der Waals surface area contributed by atoms with Crippen molar-refractivity contribution in [1.82, 2.24) is 15.1 Å². The van der Waals surface area contributed by atoms with Crippen molar-refractivity contribution in [3.63, 3.8) is 0 Å². The second kappa shape index (κ2) is 10.4. The predicted molar refractivity (Wildman–Crippen MR) is 115 cm³/mol. The van der Waals surface area contributed by atoms with Crippen LogP contribution in [0.3, 0.4) is 0 Å². The van der Waals surface area contributed by atoms with Gasteiger partial charge < -0.3 is 10.1 Å². The van der Waals surface area contributed by atoms with Crippen LogP contribution in [0.1, 0.15) is 75.7 Å². The van der Waals surface area contributed by atoms with Crippen molar-refractivity contribution in [2.24, 2.45) is 0 Å². The molecule has 1 saturated carbocycles. The van der Waals surface area contributed by atoms with E-state index >= 15 is 0 Å². The number of ether oxygens (including phenoxy) is 1. The second-order valence-electron chi connectivity index (χ2n) is 8.02. The van der Waals surface area contributed by atoms with Gasteiger partial charge in [-0.3, -0.25) is 9.59 Å². The van der Waals surface area contributed by atoms with Gasteiger partial charge in [-0.2, -0.15) is 5.10 Å². The van der Waals surface area contributed by atoms with E-state index in [-0.39, 0.29) is 23.2 Å². The van der Waals surface area contributed by atoms with E-state index in [1.807, 2.05) is 6.92 Å². The van der Waals surface area contributed by atoms with Gasteiger partial charge in [-0.15, -0.1) is 0 Å². The molecular weight excluding hydrogens is 382 g/mol. The molecule has 7 heteroatoms. The summed E-state index contributed by atoms with van der Waals surface area (Å²) >= 11 is 0. The maximum atomic E-state index is 12.9. The molecule has 0 unspecified atom stereocenters. The van der Waals surface area contributed by atoms with E-state index in [2.05, 4.69) is 10.4 Å². The van der Waals surface area contributed by atoms with Crippen LogP contribution in [0.2, 0.25) is 0 Å². The summed E-state index contributed by atoms with van der Waals surface area (Å²) in [4.78, 5) is 38.1. The number of nitrogens with one attached hydrogen (secondary N) is 1. The number of hydrogen-bond donors (Lipinski definition) is 1. The molecule has 1 fully saturated rings. The number of nitrogens with zero attached hydrogens (tertiary/aromatic N) is 2. The molecule has 0 saturated heterocycles. The topological polar surface area (TPSA) is 90.3 Å². The van der Waals surface area contributed by atoms with Crippen LogP contribution in [0, 0.1) is 0 Å². The summed E-state index contributed by atoms with van der Waals surface area (Å²) in [5, 5.41) is 8.15. The highest BCUT2D eigenvalue weighted by Gasteiger charge is 2.25. The number of esters is 1. The molecule has 3 rings (SSSR count). The van der Waals surface area contributed by atoms with Gasteiger partial charge in [-0.1, -0.05) is 57.2 Å². The van der Waals surface area contributed by atoms with E-state index in [4.69, 9.17) is 4.74 Å². The number of hydrogen-bond acceptors (Lipinski definition) is 5. The quantitative estimate of drug-likeness (QED) is 0.553. The van der Waals surface area contributed by atoms with Crippen molar-refractivity contribution in [2.45, 2.75) is 83.9 Å². The molecule has 2 aromatic rings. The third-order valence-corrected chi connectivity index (χ3v) is 5.64. The molecule has 1 aliphatic carbocycles. The lowest BCUT2D eigenvalue weighted by atomic mass is 10.1. The Morgan fingerprint density at radius 2 is 1.83 bits per heavy atom. The predicted octanol–water partition coefficient (Wildman–Crippen LogP) is 3.58. The Kier molecular flexibility index (Phi) is 7.60. The minimum atomic E-state index is -0.933. The molecular formula is C23H31N3O4. The number of unbranched alkanes of at least 4 members (excludes halogenated alkanes) is 1. The van der Waals surface area contributed by atoms with E-state index in [0.717, 1.165) is 38.5 Å². The molecule has 0 aliphatic heterocycles. The Morgan fingerprint density at radius 1 is 1.17 bits per heavy atom. The zero-order chi connectivity index (χ0) is 21.5. The highest BCUT2D eigenvalue weighted by atomic mass is 16.5. The smallest absolute Gasteiger partial charge is 0.360 e. The average Bonchev–Trinajstić information content (AvgIpc) is 3.02. The van der Waals surface area contributed by atoms with Crippen LogP contribution < -0.4 is 10.9 Å². The lowest BCUT2D eigenvalue weighted by Crippen LogP contribution is -2.42. The van der Waals surface area contributed by atoms with Crippen molar-refractivity contribution < 1.29 is 14.3 Å². The third kappa shape index (κ3) is 5.26. The molecule has 0 spiro atoms. The van der Waals surface area contributed by atoms with E-state index in [0.29, 0.717) is 17.3 Å². The number of aromatic nitrogens is 2. The molecule has 1 amide bonds. The van der Waals surface area contributed by atoms with Crippen LogP contribution >= 0.6 is 0 Å². The van der Waals surface area contributed by atoms with Crippen LogP contribution in [0.15, 0.2) is 29.1 Å². The van der Waals surface area contributed by atoms with Crippen LogP contribution in [0.25, 0.3) is 10.8 Å². The summed E-state index contributed by atoms with van der Waals surface area (Å²) in [6, 6.07) is 7.00. The van der Waals surface area contributed by atoms with Crippen LogP contribution in [-0.4, -0.2) is 33.8 Å². The fraction of sp³-hybridized carbons (Fsp3) is 0.565. The van der Waals surface area contributed by atoms with Crippen molar-refractivity contribution in [3.8, 4) is 0 Å². The Balaban J connectivity index is 1.77. The molecule has 0 radical (unpaired) electrons. The normalized spacial score (nSPS) is 16.1. The fourth-order valence-corrected chi connectivity index (χ4v) is 3.86. The molecule has 1 aromatic carbocycles. The monoisotopic (exact) mass is 413 g/mol. The molecule has 1 N–H and O–H groups in total. The Labute approximate surface area is 176 Å². The molecule has 1 atom stereocenters. The van der Waals surface area contributed by atoms with Crippen molar-refractivity contribution in [2.75, 3.05) is 0 Å². The molecule has 0 bridgehead atoms. The Hall–Kier alpha value is -2.70. The first-order valence-corrected chi connectivity index (χ1v) is 11.0. The molecule has 7 nitrogen and oxygen atoms in total. The van der Waals surface area contributed by atoms with Gasteiger partial charge in [0.15, 0.2) is 11.8 Å². The van der Waals surface area contributed by atoms with Crippen molar-refractivity contribution in [1.29, 1.82) is 0 Å². The van der Waals surface area contributed by atoms with E-state index in [9.17, 15) is 14.4 Å². The van der Waals surface area contributed by atoms with Gasteiger partial charge in [0.2, 0.25) is 0 Å². The molecule has 30 heavy (non-hydrogen) atoms. The Bertz CT molecular complexity index is 945. The van der Waals surface area contributed by atoms with Gasteiger partial charge in [0.1, 0.15) is 0 Å². The number of carbonyl (C=O) groups excluding carboxylic acids is 2. The summed E-state index contributed by atoms with van der Waals surface area (Å²) in [7, 11) is 0. The summed E-state index contributed by atoms with van der Waals surface area (Å²) in [5.41, 5.74) is -0.162. The highest BCUT2D eigenvalue weighted by Crippen LogP contribution is 2.18. The number of amides is 1. The lowest BCUT2D eigenvalue weighted by molar-refractivity contribution is -0.129. The van der Waals surface area contributed by atoms with Gasteiger partial charge >= 0.3 is 5.97 Å². The number of carbonyl (C=O) groups is 2. The van der Waals surface area contributed by atoms with Crippen LogP contribution in [0.5, 0.6) is 0 Å². The zero-order valence-corrected chi connectivity index (χ0v) is 17.9. The molecule has 1 aliphatic rings. The summed E-state index contributed by atoms with van der Waals surface area (Å²) in [6.07, 6.45) is 7.27. The number of rotatable bonds is 7. The van der Waals surface area contributed by atoms with E-state index < -0.39 is 12.1 Å². The van der Waals surface area contributed by atoms with Crippen molar-refractivity contribution >= 4 is 22.6 Å². The minimum absolute atomic E-state index is 0.0652. The number of fused-ring (bicyclic) bond motifs is 1. The van der Waals surface area contributed by atoms with E-state index in [1.165, 1.54) is 17.5 Å². The lowest BCUT2D eigenvalue weighted by Gasteiger charge is -2.20. The van der Waals surface area contributed by atoms with Gasteiger partial charge in [0.05, 0.1) is 5.39 Å². The zero-order valence-electron chi connectivity index (χ0n) is 17.9. The first kappa shape index (κ1) is 22.0. The fourth-order valence-electron chi connectivity index (χ4n) is 3.86. The highest BCUT2D eigenvalue weighted by molar-refractivity contribution is 6.02. The first-order chi connectivity index (χ1) is 14.5. The summed E-state index contributed by atoms with van der Waals surface area (Å²) < 4.78 is 6.77. The Morgan fingerprint density at radius 3 is 2.50 bits per heavy atom. The first-order valence-electron chi connectivity index (χ1n) is 11.0. The minimum Gasteiger partial charge on any atom is -0.448 e. The molecule has 162 valence electrons. The molecule has 1 aromatic heterocycles.